The Kier molecular flexibility index (Phi) is 4.16. The molecule has 0 saturated heterocycles. The Balaban J connectivity index is 2.96. The molecule has 0 saturated carbocycles. The van der Waals surface area contributed by atoms with E-state index < -0.39 is 17.2 Å². The van der Waals surface area contributed by atoms with Crippen LogP contribution in [0, 0.1) is 0 Å². The maximum absolute atomic E-state index is 12.0. The standard InChI is InChI=1S/C13H19NO3S/c1-12(2,3)17-11(16)14(5)13(4,9-15)10-6-7-18-8-10/h6-9H,1-5H3. The quantitative estimate of drug-likeness (QED) is 0.792. The zero-order valence-electron chi connectivity index (χ0n) is 11.4. The molecule has 1 heterocycles. The average Bonchev–Trinajstić information content (AvgIpc) is 2.78. The predicted octanol–water partition coefficient (Wildman–Crippen LogP) is 3.03. The molecule has 18 heavy (non-hydrogen) atoms. The van der Waals surface area contributed by atoms with Crippen LogP contribution in [0.2, 0.25) is 0 Å². The Bertz CT molecular complexity index is 422. The van der Waals surface area contributed by atoms with Crippen molar-refractivity contribution in [3.63, 3.8) is 0 Å². The number of carbonyl (C=O) groups is 2. The van der Waals surface area contributed by atoms with Crippen molar-refractivity contribution >= 4 is 23.7 Å². The van der Waals surface area contributed by atoms with Crippen molar-refractivity contribution in [1.29, 1.82) is 0 Å². The van der Waals surface area contributed by atoms with Crippen molar-refractivity contribution in [2.24, 2.45) is 0 Å². The van der Waals surface area contributed by atoms with Crippen LogP contribution < -0.4 is 0 Å². The predicted molar refractivity (Wildman–Crippen MR) is 71.7 cm³/mol. The van der Waals surface area contributed by atoms with Crippen LogP contribution in [0.3, 0.4) is 0 Å². The number of amides is 1. The summed E-state index contributed by atoms with van der Waals surface area (Å²) in [4.78, 5) is 24.7. The molecule has 1 amide bonds. The van der Waals surface area contributed by atoms with E-state index in [1.165, 1.54) is 16.2 Å². The third-order valence-corrected chi connectivity index (χ3v) is 3.38. The minimum Gasteiger partial charge on any atom is -0.444 e. The van der Waals surface area contributed by atoms with Gasteiger partial charge in [0.05, 0.1) is 0 Å². The van der Waals surface area contributed by atoms with E-state index in [-0.39, 0.29) is 0 Å². The van der Waals surface area contributed by atoms with E-state index in [0.29, 0.717) is 0 Å². The summed E-state index contributed by atoms with van der Waals surface area (Å²) in [5.74, 6) is 0. The number of ether oxygens (including phenoxy) is 1. The minimum absolute atomic E-state index is 0.511. The lowest BCUT2D eigenvalue weighted by molar-refractivity contribution is -0.117. The smallest absolute Gasteiger partial charge is 0.411 e. The van der Waals surface area contributed by atoms with E-state index in [0.717, 1.165) is 11.8 Å². The first kappa shape index (κ1) is 14.7. The van der Waals surface area contributed by atoms with Crippen molar-refractivity contribution in [3.8, 4) is 0 Å². The fraction of sp³-hybridized carbons (Fsp3) is 0.538. The van der Waals surface area contributed by atoms with Crippen LogP contribution in [0.15, 0.2) is 16.8 Å². The molecular weight excluding hydrogens is 250 g/mol. The van der Waals surface area contributed by atoms with Crippen molar-refractivity contribution in [3.05, 3.63) is 22.4 Å². The lowest BCUT2D eigenvalue weighted by atomic mass is 9.95. The summed E-state index contributed by atoms with van der Waals surface area (Å²) in [6.07, 6.45) is 0.252. The van der Waals surface area contributed by atoms with Gasteiger partial charge in [0.1, 0.15) is 17.4 Å². The third-order valence-electron chi connectivity index (χ3n) is 2.70. The number of nitrogens with zero attached hydrogens (tertiary/aromatic N) is 1. The van der Waals surface area contributed by atoms with E-state index in [9.17, 15) is 9.59 Å². The Labute approximate surface area is 112 Å². The van der Waals surface area contributed by atoms with E-state index in [1.807, 2.05) is 16.8 Å². The number of thiophene rings is 1. The molecule has 4 nitrogen and oxygen atoms in total. The number of carbonyl (C=O) groups excluding carboxylic acids is 2. The summed E-state index contributed by atoms with van der Waals surface area (Å²) in [7, 11) is 1.57. The maximum atomic E-state index is 12.0. The zero-order valence-corrected chi connectivity index (χ0v) is 12.2. The van der Waals surface area contributed by atoms with Gasteiger partial charge >= 0.3 is 6.09 Å². The second kappa shape index (κ2) is 5.10. The molecule has 0 spiro atoms. The van der Waals surface area contributed by atoms with Crippen LogP contribution in [0.25, 0.3) is 0 Å². The summed E-state index contributed by atoms with van der Waals surface area (Å²) in [6, 6.07) is 1.83. The van der Waals surface area contributed by atoms with Gasteiger partial charge in [-0.25, -0.2) is 4.79 Å². The number of rotatable bonds is 3. The maximum Gasteiger partial charge on any atom is 0.411 e. The highest BCUT2D eigenvalue weighted by atomic mass is 32.1. The van der Waals surface area contributed by atoms with Crippen LogP contribution in [0.4, 0.5) is 4.79 Å². The van der Waals surface area contributed by atoms with Crippen molar-refractivity contribution in [2.45, 2.75) is 38.8 Å². The molecular formula is C13H19NO3S. The summed E-state index contributed by atoms with van der Waals surface area (Å²) in [5, 5.41) is 3.73. The molecule has 1 aromatic heterocycles. The molecule has 0 aliphatic heterocycles. The fourth-order valence-corrected chi connectivity index (χ4v) is 2.18. The minimum atomic E-state index is -0.998. The van der Waals surface area contributed by atoms with Gasteiger partial charge in [0.15, 0.2) is 0 Å². The van der Waals surface area contributed by atoms with Gasteiger partial charge in [-0.1, -0.05) is 0 Å². The van der Waals surface area contributed by atoms with Gasteiger partial charge in [0.25, 0.3) is 0 Å². The van der Waals surface area contributed by atoms with Gasteiger partial charge < -0.3 is 9.53 Å². The lowest BCUT2D eigenvalue weighted by Crippen LogP contribution is -2.48. The van der Waals surface area contributed by atoms with Gasteiger partial charge in [-0.15, -0.1) is 0 Å². The molecule has 0 bridgehead atoms. The summed E-state index contributed by atoms with van der Waals surface area (Å²) in [5.41, 5.74) is -0.789. The second-order valence-corrected chi connectivity index (χ2v) is 6.10. The van der Waals surface area contributed by atoms with Gasteiger partial charge in [-0.3, -0.25) is 4.90 Å². The first-order valence-corrected chi connectivity index (χ1v) is 6.61. The fourth-order valence-electron chi connectivity index (χ4n) is 1.41. The third kappa shape index (κ3) is 3.10. The molecule has 1 atom stereocenters. The highest BCUT2D eigenvalue weighted by molar-refractivity contribution is 7.08. The van der Waals surface area contributed by atoms with E-state index in [2.05, 4.69) is 0 Å². The van der Waals surface area contributed by atoms with Crippen LogP contribution in [0.1, 0.15) is 33.3 Å². The molecule has 1 rings (SSSR count). The van der Waals surface area contributed by atoms with Gasteiger partial charge in [0.2, 0.25) is 0 Å². The molecule has 0 fully saturated rings. The summed E-state index contributed by atoms with van der Waals surface area (Å²) in [6.45, 7) is 7.08. The molecule has 0 radical (unpaired) electrons. The van der Waals surface area contributed by atoms with E-state index in [4.69, 9.17) is 4.74 Å². The van der Waals surface area contributed by atoms with Gasteiger partial charge in [-0.05, 0) is 50.1 Å². The molecule has 5 heteroatoms. The number of hydrogen-bond acceptors (Lipinski definition) is 4. The Morgan fingerprint density at radius 3 is 2.39 bits per heavy atom. The number of hydrogen-bond donors (Lipinski definition) is 0. The Morgan fingerprint density at radius 1 is 1.39 bits per heavy atom. The van der Waals surface area contributed by atoms with Crippen LogP contribution in [0.5, 0.6) is 0 Å². The van der Waals surface area contributed by atoms with Crippen LogP contribution >= 0.6 is 11.3 Å². The van der Waals surface area contributed by atoms with Crippen molar-refractivity contribution in [2.75, 3.05) is 7.05 Å². The molecule has 1 unspecified atom stereocenters. The topological polar surface area (TPSA) is 46.6 Å². The average molecular weight is 269 g/mol. The highest BCUT2D eigenvalue weighted by Crippen LogP contribution is 2.28. The highest BCUT2D eigenvalue weighted by Gasteiger charge is 2.36. The van der Waals surface area contributed by atoms with Crippen molar-refractivity contribution in [1.82, 2.24) is 4.90 Å². The molecule has 0 aromatic carbocycles. The molecule has 0 aliphatic carbocycles. The van der Waals surface area contributed by atoms with Crippen LogP contribution in [-0.4, -0.2) is 29.9 Å². The molecule has 0 N–H and O–H groups in total. The number of aldehydes is 1. The van der Waals surface area contributed by atoms with Gasteiger partial charge in [-0.2, -0.15) is 11.3 Å². The van der Waals surface area contributed by atoms with Gasteiger partial charge in [0, 0.05) is 7.05 Å². The zero-order chi connectivity index (χ0) is 14.0. The summed E-state index contributed by atoms with van der Waals surface area (Å²) < 4.78 is 5.28. The van der Waals surface area contributed by atoms with Crippen molar-refractivity contribution < 1.29 is 14.3 Å². The first-order chi connectivity index (χ1) is 8.20. The molecule has 0 aliphatic rings. The second-order valence-electron chi connectivity index (χ2n) is 5.32. The molecule has 100 valence electrons. The SMILES string of the molecule is CN(C(=O)OC(C)(C)C)C(C)(C=O)c1ccsc1. The Morgan fingerprint density at radius 2 is 2.00 bits per heavy atom. The largest absolute Gasteiger partial charge is 0.444 e. The lowest BCUT2D eigenvalue weighted by Gasteiger charge is -2.35. The van der Waals surface area contributed by atoms with E-state index >= 15 is 0 Å². The summed E-state index contributed by atoms with van der Waals surface area (Å²) >= 11 is 1.49. The monoisotopic (exact) mass is 269 g/mol. The first-order valence-electron chi connectivity index (χ1n) is 5.66. The molecule has 1 aromatic rings. The normalized spacial score (nSPS) is 14.7. The Hall–Kier alpha value is -1.36. The number of likely N-dealkylation sites (N-methyl/N-ethyl adjacent to an activating group) is 1. The van der Waals surface area contributed by atoms with Crippen LogP contribution in [-0.2, 0) is 15.1 Å². The van der Waals surface area contributed by atoms with E-state index in [1.54, 1.807) is 34.7 Å².